The standard InChI is InChI=1S/C14H26N2/c1-11-9-16(8-7-12-3-4-12)14(2,10-15-11)13-5-6-13/h11-13,15H,3-10H2,1-2H3. The van der Waals surface area contributed by atoms with Crippen LogP contribution in [0.2, 0.25) is 0 Å². The third-order valence-corrected chi connectivity index (χ3v) is 4.99. The van der Waals surface area contributed by atoms with Gasteiger partial charge in [-0.2, -0.15) is 0 Å². The number of hydrogen-bond acceptors (Lipinski definition) is 2. The molecule has 0 amide bonds. The van der Waals surface area contributed by atoms with Crippen LogP contribution in [0.3, 0.4) is 0 Å². The first-order valence-electron chi connectivity index (χ1n) is 7.17. The summed E-state index contributed by atoms with van der Waals surface area (Å²) in [4.78, 5) is 2.81. The second-order valence-electron chi connectivity index (χ2n) is 6.59. The van der Waals surface area contributed by atoms with Gasteiger partial charge in [-0.3, -0.25) is 4.90 Å². The Labute approximate surface area is 99.8 Å². The molecule has 92 valence electrons. The number of piperazine rings is 1. The lowest BCUT2D eigenvalue weighted by Gasteiger charge is -2.48. The molecule has 0 aromatic rings. The molecule has 0 spiro atoms. The Balaban J connectivity index is 1.63. The molecular formula is C14H26N2. The van der Waals surface area contributed by atoms with E-state index in [4.69, 9.17) is 0 Å². The minimum absolute atomic E-state index is 0.474. The van der Waals surface area contributed by atoms with Gasteiger partial charge < -0.3 is 5.32 Å². The molecule has 2 heteroatoms. The molecule has 2 nitrogen and oxygen atoms in total. The van der Waals surface area contributed by atoms with Crippen molar-refractivity contribution in [2.75, 3.05) is 19.6 Å². The fourth-order valence-electron chi connectivity index (χ4n) is 3.30. The smallest absolute Gasteiger partial charge is 0.0334 e. The van der Waals surface area contributed by atoms with E-state index in [0.717, 1.165) is 11.8 Å². The summed E-state index contributed by atoms with van der Waals surface area (Å²) in [5.41, 5.74) is 0.474. The molecule has 1 saturated heterocycles. The first-order valence-corrected chi connectivity index (χ1v) is 7.17. The van der Waals surface area contributed by atoms with Crippen LogP contribution in [0.1, 0.15) is 46.0 Å². The quantitative estimate of drug-likeness (QED) is 0.785. The Bertz CT molecular complexity index is 257. The van der Waals surface area contributed by atoms with E-state index in [1.807, 2.05) is 0 Å². The van der Waals surface area contributed by atoms with Crippen LogP contribution >= 0.6 is 0 Å². The van der Waals surface area contributed by atoms with Crippen LogP contribution in [0.15, 0.2) is 0 Å². The molecule has 0 bridgehead atoms. The Kier molecular flexibility index (Phi) is 2.75. The third-order valence-electron chi connectivity index (χ3n) is 4.99. The molecule has 2 aliphatic carbocycles. The number of nitrogens with one attached hydrogen (secondary N) is 1. The molecule has 2 atom stereocenters. The summed E-state index contributed by atoms with van der Waals surface area (Å²) < 4.78 is 0. The van der Waals surface area contributed by atoms with Crippen molar-refractivity contribution in [1.82, 2.24) is 10.2 Å². The highest BCUT2D eigenvalue weighted by Crippen LogP contribution is 2.44. The fourth-order valence-corrected chi connectivity index (χ4v) is 3.30. The molecule has 0 radical (unpaired) electrons. The fraction of sp³-hybridized carbons (Fsp3) is 1.00. The summed E-state index contributed by atoms with van der Waals surface area (Å²) in [7, 11) is 0. The summed E-state index contributed by atoms with van der Waals surface area (Å²) in [6.07, 6.45) is 7.39. The zero-order chi connectivity index (χ0) is 11.2. The average molecular weight is 222 g/mol. The number of nitrogens with zero attached hydrogens (tertiary/aromatic N) is 1. The van der Waals surface area contributed by atoms with Gasteiger partial charge in [-0.05, 0) is 51.5 Å². The SMILES string of the molecule is CC1CN(CCC2CC2)C(C)(C2CC2)CN1. The highest BCUT2D eigenvalue weighted by molar-refractivity contribution is 5.04. The molecule has 3 rings (SSSR count). The average Bonchev–Trinajstić information content (AvgIpc) is 3.13. The number of hydrogen-bond donors (Lipinski definition) is 1. The van der Waals surface area contributed by atoms with E-state index in [1.54, 1.807) is 0 Å². The van der Waals surface area contributed by atoms with Gasteiger partial charge in [0.25, 0.3) is 0 Å². The topological polar surface area (TPSA) is 15.3 Å². The Morgan fingerprint density at radius 3 is 2.62 bits per heavy atom. The minimum atomic E-state index is 0.474. The second-order valence-corrected chi connectivity index (χ2v) is 6.59. The van der Waals surface area contributed by atoms with Crippen LogP contribution < -0.4 is 5.32 Å². The van der Waals surface area contributed by atoms with Crippen molar-refractivity contribution in [1.29, 1.82) is 0 Å². The predicted molar refractivity (Wildman–Crippen MR) is 67.5 cm³/mol. The molecule has 3 aliphatic rings. The van der Waals surface area contributed by atoms with Gasteiger partial charge in [-0.15, -0.1) is 0 Å². The summed E-state index contributed by atoms with van der Waals surface area (Å²) in [6, 6.07) is 0.686. The minimum Gasteiger partial charge on any atom is -0.311 e. The predicted octanol–water partition coefficient (Wildman–Crippen LogP) is 2.25. The van der Waals surface area contributed by atoms with Gasteiger partial charge in [0, 0.05) is 24.7 Å². The van der Waals surface area contributed by atoms with Crippen molar-refractivity contribution in [3.05, 3.63) is 0 Å². The van der Waals surface area contributed by atoms with Crippen molar-refractivity contribution in [2.45, 2.75) is 57.5 Å². The Morgan fingerprint density at radius 2 is 2.00 bits per heavy atom. The zero-order valence-electron chi connectivity index (χ0n) is 10.8. The molecular weight excluding hydrogens is 196 g/mol. The van der Waals surface area contributed by atoms with Crippen molar-refractivity contribution in [3.8, 4) is 0 Å². The first-order chi connectivity index (χ1) is 7.68. The first kappa shape index (κ1) is 11.0. The van der Waals surface area contributed by atoms with Crippen LogP contribution in [-0.2, 0) is 0 Å². The third kappa shape index (κ3) is 2.14. The monoisotopic (exact) mass is 222 g/mol. The zero-order valence-corrected chi connectivity index (χ0v) is 10.8. The number of rotatable bonds is 4. The van der Waals surface area contributed by atoms with Crippen LogP contribution in [-0.4, -0.2) is 36.1 Å². The molecule has 1 N–H and O–H groups in total. The molecule has 2 unspecified atom stereocenters. The van der Waals surface area contributed by atoms with E-state index >= 15 is 0 Å². The largest absolute Gasteiger partial charge is 0.311 e. The van der Waals surface area contributed by atoms with Gasteiger partial charge in [0.15, 0.2) is 0 Å². The van der Waals surface area contributed by atoms with E-state index in [1.165, 1.54) is 51.7 Å². The van der Waals surface area contributed by atoms with E-state index < -0.39 is 0 Å². The molecule has 2 saturated carbocycles. The molecule has 1 aliphatic heterocycles. The maximum absolute atomic E-state index is 3.69. The van der Waals surface area contributed by atoms with Gasteiger partial charge in [-0.1, -0.05) is 12.8 Å². The maximum atomic E-state index is 3.69. The van der Waals surface area contributed by atoms with E-state index in [0.29, 0.717) is 11.6 Å². The molecule has 16 heavy (non-hydrogen) atoms. The highest BCUT2D eigenvalue weighted by atomic mass is 15.3. The van der Waals surface area contributed by atoms with Gasteiger partial charge in [0.1, 0.15) is 0 Å². The molecule has 3 fully saturated rings. The lowest BCUT2D eigenvalue weighted by molar-refractivity contribution is 0.0362. The summed E-state index contributed by atoms with van der Waals surface area (Å²) in [5, 5.41) is 3.69. The maximum Gasteiger partial charge on any atom is 0.0334 e. The van der Waals surface area contributed by atoms with Gasteiger partial charge in [0.05, 0.1) is 0 Å². The Hall–Kier alpha value is -0.0800. The van der Waals surface area contributed by atoms with Crippen LogP contribution in [0.4, 0.5) is 0 Å². The molecule has 1 heterocycles. The van der Waals surface area contributed by atoms with E-state index in [2.05, 4.69) is 24.1 Å². The van der Waals surface area contributed by atoms with E-state index in [9.17, 15) is 0 Å². The second kappa shape index (κ2) is 3.99. The lowest BCUT2D eigenvalue weighted by Crippen LogP contribution is -2.63. The van der Waals surface area contributed by atoms with Gasteiger partial charge in [0.2, 0.25) is 0 Å². The van der Waals surface area contributed by atoms with Crippen molar-refractivity contribution >= 4 is 0 Å². The van der Waals surface area contributed by atoms with Crippen molar-refractivity contribution < 1.29 is 0 Å². The van der Waals surface area contributed by atoms with Gasteiger partial charge >= 0.3 is 0 Å². The Morgan fingerprint density at radius 1 is 1.25 bits per heavy atom. The molecule has 0 aromatic carbocycles. The van der Waals surface area contributed by atoms with Crippen LogP contribution in [0.25, 0.3) is 0 Å². The summed E-state index contributed by atoms with van der Waals surface area (Å²) in [5.74, 6) is 2.06. The lowest BCUT2D eigenvalue weighted by atomic mass is 9.89. The highest BCUT2D eigenvalue weighted by Gasteiger charge is 2.47. The summed E-state index contributed by atoms with van der Waals surface area (Å²) >= 11 is 0. The van der Waals surface area contributed by atoms with Crippen LogP contribution in [0, 0.1) is 11.8 Å². The van der Waals surface area contributed by atoms with Crippen LogP contribution in [0.5, 0.6) is 0 Å². The van der Waals surface area contributed by atoms with Gasteiger partial charge in [-0.25, -0.2) is 0 Å². The van der Waals surface area contributed by atoms with Crippen molar-refractivity contribution in [3.63, 3.8) is 0 Å². The summed E-state index contributed by atoms with van der Waals surface area (Å²) in [6.45, 7) is 8.65. The van der Waals surface area contributed by atoms with Crippen molar-refractivity contribution in [2.24, 2.45) is 11.8 Å². The van der Waals surface area contributed by atoms with E-state index in [-0.39, 0.29) is 0 Å². The normalized spacial score (nSPS) is 41.2. The molecule has 0 aromatic heterocycles.